The van der Waals surface area contributed by atoms with Gasteiger partial charge in [0.25, 0.3) is 0 Å². The van der Waals surface area contributed by atoms with Gasteiger partial charge in [-0.05, 0) is 41.9 Å². The lowest BCUT2D eigenvalue weighted by molar-refractivity contribution is 0.161. The summed E-state index contributed by atoms with van der Waals surface area (Å²) in [7, 11) is 0. The summed E-state index contributed by atoms with van der Waals surface area (Å²) in [6.07, 6.45) is 8.78. The summed E-state index contributed by atoms with van der Waals surface area (Å²) in [6, 6.07) is 0. The Kier molecular flexibility index (Phi) is 4.49. The molecule has 1 aliphatic carbocycles. The van der Waals surface area contributed by atoms with Gasteiger partial charge in [0, 0.05) is 0 Å². The maximum absolute atomic E-state index is 2.39. The van der Waals surface area contributed by atoms with Crippen LogP contribution in [0.3, 0.4) is 0 Å². The monoisotopic (exact) mass is 224 g/mol. The maximum atomic E-state index is 2.39. The molecule has 0 aliphatic heterocycles. The van der Waals surface area contributed by atoms with Gasteiger partial charge in [0.05, 0.1) is 0 Å². The minimum atomic E-state index is 0.522. The largest absolute Gasteiger partial charge is 0.0602 e. The molecular formula is C16H32. The molecule has 0 aromatic rings. The Bertz CT molecular complexity index is 179. The van der Waals surface area contributed by atoms with Crippen LogP contribution in [0.5, 0.6) is 0 Å². The van der Waals surface area contributed by atoms with Crippen molar-refractivity contribution < 1.29 is 0 Å². The second-order valence-electron chi connectivity index (χ2n) is 8.43. The highest BCUT2D eigenvalue weighted by molar-refractivity contribution is 4.79. The predicted octanol–water partition coefficient (Wildman–Crippen LogP) is 5.67. The molecule has 0 nitrogen and oxygen atoms in total. The van der Waals surface area contributed by atoms with Crippen LogP contribution in [-0.2, 0) is 0 Å². The normalized spacial score (nSPS) is 28.1. The van der Waals surface area contributed by atoms with Gasteiger partial charge in [0.15, 0.2) is 0 Å². The molecule has 0 amide bonds. The molecule has 1 saturated carbocycles. The Morgan fingerprint density at radius 3 is 1.44 bits per heavy atom. The molecule has 0 heterocycles. The van der Waals surface area contributed by atoms with Crippen molar-refractivity contribution in [2.75, 3.05) is 0 Å². The molecule has 2 atom stereocenters. The number of rotatable bonds is 2. The molecule has 0 bridgehead atoms. The highest BCUT2D eigenvalue weighted by Crippen LogP contribution is 2.40. The van der Waals surface area contributed by atoms with Crippen molar-refractivity contribution in [3.05, 3.63) is 0 Å². The van der Waals surface area contributed by atoms with Crippen LogP contribution in [0, 0.1) is 22.7 Å². The van der Waals surface area contributed by atoms with Crippen LogP contribution in [-0.4, -0.2) is 0 Å². The summed E-state index contributed by atoms with van der Waals surface area (Å²) < 4.78 is 0. The zero-order valence-electron chi connectivity index (χ0n) is 12.4. The molecule has 1 rings (SSSR count). The fourth-order valence-electron chi connectivity index (χ4n) is 3.51. The maximum Gasteiger partial charge on any atom is -0.0380 e. The van der Waals surface area contributed by atoms with E-state index >= 15 is 0 Å². The van der Waals surface area contributed by atoms with Crippen LogP contribution in [0.4, 0.5) is 0 Å². The molecule has 0 N–H and O–H groups in total. The molecule has 96 valence electrons. The second kappa shape index (κ2) is 5.10. The third-order valence-electron chi connectivity index (χ3n) is 3.69. The van der Waals surface area contributed by atoms with E-state index in [4.69, 9.17) is 0 Å². The lowest BCUT2D eigenvalue weighted by Crippen LogP contribution is -2.23. The lowest BCUT2D eigenvalue weighted by Gasteiger charge is -2.36. The summed E-state index contributed by atoms with van der Waals surface area (Å²) in [5.74, 6) is 2.00. The van der Waals surface area contributed by atoms with Crippen molar-refractivity contribution in [1.82, 2.24) is 0 Å². The van der Waals surface area contributed by atoms with Crippen molar-refractivity contribution in [1.29, 1.82) is 0 Å². The van der Waals surface area contributed by atoms with E-state index in [9.17, 15) is 0 Å². The molecule has 1 aliphatic rings. The Morgan fingerprint density at radius 1 is 0.750 bits per heavy atom. The van der Waals surface area contributed by atoms with Gasteiger partial charge in [-0.1, -0.05) is 60.8 Å². The van der Waals surface area contributed by atoms with E-state index in [1.54, 1.807) is 0 Å². The zero-order valence-corrected chi connectivity index (χ0v) is 12.4. The van der Waals surface area contributed by atoms with Gasteiger partial charge in [0.2, 0.25) is 0 Å². The summed E-state index contributed by atoms with van der Waals surface area (Å²) in [5, 5.41) is 0. The molecule has 1 fully saturated rings. The van der Waals surface area contributed by atoms with E-state index in [2.05, 4.69) is 41.5 Å². The van der Waals surface area contributed by atoms with E-state index in [0.29, 0.717) is 10.8 Å². The Hall–Kier alpha value is 0. The van der Waals surface area contributed by atoms with E-state index in [1.807, 2.05) is 0 Å². The Labute approximate surface area is 103 Å². The average Bonchev–Trinajstić information content (AvgIpc) is 1.96. The van der Waals surface area contributed by atoms with Gasteiger partial charge >= 0.3 is 0 Å². The van der Waals surface area contributed by atoms with E-state index in [0.717, 1.165) is 11.8 Å². The predicted molar refractivity (Wildman–Crippen MR) is 73.6 cm³/mol. The number of hydrogen-bond donors (Lipinski definition) is 0. The molecule has 0 aromatic carbocycles. The SMILES string of the molecule is CC(C)(C)CC1CCCC(CC(C)(C)C)C1. The lowest BCUT2D eigenvalue weighted by atomic mass is 9.70. The van der Waals surface area contributed by atoms with Crippen LogP contribution in [0.25, 0.3) is 0 Å². The molecular weight excluding hydrogens is 192 g/mol. The average molecular weight is 224 g/mol. The van der Waals surface area contributed by atoms with E-state index in [-0.39, 0.29) is 0 Å². The van der Waals surface area contributed by atoms with Gasteiger partial charge < -0.3 is 0 Å². The van der Waals surface area contributed by atoms with Gasteiger partial charge in [0.1, 0.15) is 0 Å². The summed E-state index contributed by atoms with van der Waals surface area (Å²) in [4.78, 5) is 0. The smallest absolute Gasteiger partial charge is 0.0380 e. The van der Waals surface area contributed by atoms with Gasteiger partial charge in [-0.15, -0.1) is 0 Å². The molecule has 0 spiro atoms. The van der Waals surface area contributed by atoms with Gasteiger partial charge in [-0.2, -0.15) is 0 Å². The van der Waals surface area contributed by atoms with Crippen molar-refractivity contribution >= 4 is 0 Å². The molecule has 0 radical (unpaired) electrons. The van der Waals surface area contributed by atoms with E-state index in [1.165, 1.54) is 38.5 Å². The van der Waals surface area contributed by atoms with Gasteiger partial charge in [-0.25, -0.2) is 0 Å². The highest BCUT2D eigenvalue weighted by atomic mass is 14.3. The number of hydrogen-bond acceptors (Lipinski definition) is 0. The van der Waals surface area contributed by atoms with Crippen molar-refractivity contribution in [3.8, 4) is 0 Å². The van der Waals surface area contributed by atoms with Gasteiger partial charge in [-0.3, -0.25) is 0 Å². The van der Waals surface area contributed by atoms with Crippen LogP contribution in [0.2, 0.25) is 0 Å². The van der Waals surface area contributed by atoms with Crippen LogP contribution < -0.4 is 0 Å². The zero-order chi connectivity index (χ0) is 12.4. The molecule has 0 aromatic heterocycles. The molecule has 2 unspecified atom stereocenters. The van der Waals surface area contributed by atoms with Crippen LogP contribution in [0.1, 0.15) is 80.1 Å². The minimum Gasteiger partial charge on any atom is -0.0602 e. The molecule has 0 saturated heterocycles. The fraction of sp³-hybridized carbons (Fsp3) is 1.00. The van der Waals surface area contributed by atoms with Crippen molar-refractivity contribution in [3.63, 3.8) is 0 Å². The first kappa shape index (κ1) is 14.1. The van der Waals surface area contributed by atoms with E-state index < -0.39 is 0 Å². The van der Waals surface area contributed by atoms with Crippen molar-refractivity contribution in [2.24, 2.45) is 22.7 Å². The summed E-state index contributed by atoms with van der Waals surface area (Å²) in [6.45, 7) is 14.3. The summed E-state index contributed by atoms with van der Waals surface area (Å²) >= 11 is 0. The third kappa shape index (κ3) is 5.92. The fourth-order valence-corrected chi connectivity index (χ4v) is 3.51. The first-order valence-electron chi connectivity index (χ1n) is 7.16. The molecule has 0 heteroatoms. The summed E-state index contributed by atoms with van der Waals surface area (Å²) in [5.41, 5.74) is 1.04. The third-order valence-corrected chi connectivity index (χ3v) is 3.69. The first-order chi connectivity index (χ1) is 7.16. The van der Waals surface area contributed by atoms with Crippen molar-refractivity contribution in [2.45, 2.75) is 80.1 Å². The first-order valence-corrected chi connectivity index (χ1v) is 7.16. The molecule has 16 heavy (non-hydrogen) atoms. The highest BCUT2D eigenvalue weighted by Gasteiger charge is 2.28. The quantitative estimate of drug-likeness (QED) is 0.567. The topological polar surface area (TPSA) is 0 Å². The standard InChI is InChI=1S/C16H32/c1-15(2,3)11-13-8-7-9-14(10-13)12-16(4,5)6/h13-14H,7-12H2,1-6H3. The Balaban J connectivity index is 2.41. The minimum absolute atomic E-state index is 0.522. The van der Waals surface area contributed by atoms with Crippen LogP contribution in [0.15, 0.2) is 0 Å². The van der Waals surface area contributed by atoms with Crippen LogP contribution >= 0.6 is 0 Å². The second-order valence-corrected chi connectivity index (χ2v) is 8.43. The Morgan fingerprint density at radius 2 is 1.12 bits per heavy atom.